The average Bonchev–Trinajstić information content (AvgIpc) is 2.66. The molecule has 7 nitrogen and oxygen atoms in total. The van der Waals surface area contributed by atoms with Gasteiger partial charge in [-0.15, -0.1) is 0 Å². The van der Waals surface area contributed by atoms with E-state index in [0.29, 0.717) is 43.5 Å². The van der Waals surface area contributed by atoms with Gasteiger partial charge in [-0.2, -0.15) is 4.31 Å². The van der Waals surface area contributed by atoms with Crippen LogP contribution >= 0.6 is 12.2 Å². The van der Waals surface area contributed by atoms with Crippen LogP contribution in [-0.2, 0) is 14.8 Å². The number of rotatable bonds is 4. The highest BCUT2D eigenvalue weighted by atomic mass is 32.2. The van der Waals surface area contributed by atoms with Gasteiger partial charge >= 0.3 is 0 Å². The number of sulfonamides is 1. The smallest absolute Gasteiger partial charge is 0.243 e. The van der Waals surface area contributed by atoms with Gasteiger partial charge in [0.1, 0.15) is 0 Å². The molecule has 2 unspecified atom stereocenters. The molecule has 2 heterocycles. The zero-order valence-corrected chi connectivity index (χ0v) is 17.5. The molecule has 2 aliphatic heterocycles. The molecule has 0 aliphatic carbocycles. The van der Waals surface area contributed by atoms with Gasteiger partial charge in [-0.25, -0.2) is 13.4 Å². The van der Waals surface area contributed by atoms with Gasteiger partial charge in [-0.1, -0.05) is 6.42 Å². The molecule has 0 amide bonds. The molecule has 2 fully saturated rings. The fourth-order valence-electron chi connectivity index (χ4n) is 3.56. The van der Waals surface area contributed by atoms with E-state index in [1.54, 1.807) is 24.3 Å². The Kier molecular flexibility index (Phi) is 6.69. The van der Waals surface area contributed by atoms with Crippen molar-refractivity contribution in [2.24, 2.45) is 0 Å². The second kappa shape index (κ2) is 8.83. The van der Waals surface area contributed by atoms with Crippen LogP contribution in [0.1, 0.15) is 33.1 Å². The summed E-state index contributed by atoms with van der Waals surface area (Å²) in [5.41, 5.74) is 4.03. The van der Waals surface area contributed by atoms with Crippen LogP contribution < -0.4 is 10.7 Å². The minimum absolute atomic E-state index is 0.284. The minimum Gasteiger partial charge on any atom is -0.379 e. The molecular weight excluding hydrogens is 384 g/mol. The number of hydrogen-bond acceptors (Lipinski definition) is 5. The highest BCUT2D eigenvalue weighted by molar-refractivity contribution is 7.89. The lowest BCUT2D eigenvalue weighted by Crippen LogP contribution is -2.55. The molecule has 150 valence electrons. The van der Waals surface area contributed by atoms with Crippen molar-refractivity contribution in [3.63, 3.8) is 0 Å². The first kappa shape index (κ1) is 20.5. The Bertz CT molecular complexity index is 738. The van der Waals surface area contributed by atoms with E-state index in [-0.39, 0.29) is 4.90 Å². The molecule has 9 heteroatoms. The summed E-state index contributed by atoms with van der Waals surface area (Å²) in [4.78, 5) is 0.284. The average molecular weight is 413 g/mol. The first-order valence-corrected chi connectivity index (χ1v) is 11.3. The Morgan fingerprint density at radius 2 is 1.70 bits per heavy atom. The number of benzene rings is 1. The molecule has 0 radical (unpaired) electrons. The van der Waals surface area contributed by atoms with E-state index in [1.807, 2.05) is 0 Å². The molecular formula is C18H28N4O3S2. The topological polar surface area (TPSA) is 73.9 Å². The van der Waals surface area contributed by atoms with Crippen LogP contribution in [0, 0.1) is 0 Å². The van der Waals surface area contributed by atoms with Crippen molar-refractivity contribution in [2.75, 3.05) is 31.6 Å². The Morgan fingerprint density at radius 3 is 2.30 bits per heavy atom. The number of hydrogen-bond donors (Lipinski definition) is 2. The summed E-state index contributed by atoms with van der Waals surface area (Å²) in [5, 5.41) is 5.84. The summed E-state index contributed by atoms with van der Waals surface area (Å²) < 4.78 is 32.0. The lowest BCUT2D eigenvalue weighted by molar-refractivity contribution is 0.0730. The van der Waals surface area contributed by atoms with E-state index in [0.717, 1.165) is 18.5 Å². The standard InChI is InChI=1S/C18H28N4O3S2/c1-14-4-3-5-15(2)22(14)20-18(26)19-16-6-8-17(9-7-16)27(23,24)21-10-12-25-13-11-21/h6-9,14-15H,3-5,10-13H2,1-2H3,(H2,19,20,26). The first-order valence-electron chi connectivity index (χ1n) is 9.42. The number of thiocarbonyl (C=S) groups is 1. The third-order valence-corrected chi connectivity index (χ3v) is 7.25. The second-order valence-corrected chi connectivity index (χ2v) is 9.49. The number of hydrazine groups is 1. The fraction of sp³-hybridized carbons (Fsp3) is 0.611. The zero-order valence-electron chi connectivity index (χ0n) is 15.8. The predicted octanol–water partition coefficient (Wildman–Crippen LogP) is 2.17. The lowest BCUT2D eigenvalue weighted by atomic mass is 10.00. The van der Waals surface area contributed by atoms with Crippen molar-refractivity contribution in [3.8, 4) is 0 Å². The van der Waals surface area contributed by atoms with Crippen LogP contribution in [0.4, 0.5) is 5.69 Å². The highest BCUT2D eigenvalue weighted by Gasteiger charge is 2.27. The van der Waals surface area contributed by atoms with Gasteiger partial charge in [0.05, 0.1) is 18.1 Å². The molecule has 2 atom stereocenters. The van der Waals surface area contributed by atoms with E-state index in [4.69, 9.17) is 17.0 Å². The van der Waals surface area contributed by atoms with Crippen LogP contribution in [0.2, 0.25) is 0 Å². The number of morpholine rings is 1. The Balaban J connectivity index is 1.61. The van der Waals surface area contributed by atoms with Crippen molar-refractivity contribution >= 4 is 33.0 Å². The molecule has 1 aromatic rings. The highest BCUT2D eigenvalue weighted by Crippen LogP contribution is 2.21. The predicted molar refractivity (Wildman–Crippen MR) is 110 cm³/mol. The molecule has 2 aliphatic rings. The van der Waals surface area contributed by atoms with Gasteiger partial charge in [0.15, 0.2) is 5.11 Å². The normalized spacial score (nSPS) is 25.1. The van der Waals surface area contributed by atoms with Crippen LogP contribution in [0.3, 0.4) is 0 Å². The maximum atomic E-state index is 12.7. The number of ether oxygens (including phenoxy) is 1. The van der Waals surface area contributed by atoms with Crippen molar-refractivity contribution in [3.05, 3.63) is 24.3 Å². The van der Waals surface area contributed by atoms with E-state index < -0.39 is 10.0 Å². The zero-order chi connectivity index (χ0) is 19.4. The second-order valence-electron chi connectivity index (χ2n) is 7.14. The van der Waals surface area contributed by atoms with Crippen LogP contribution in [0.15, 0.2) is 29.2 Å². The molecule has 27 heavy (non-hydrogen) atoms. The number of nitrogens with one attached hydrogen (secondary N) is 2. The quantitative estimate of drug-likeness (QED) is 0.734. The van der Waals surface area contributed by atoms with E-state index in [1.165, 1.54) is 10.7 Å². The van der Waals surface area contributed by atoms with Crippen molar-refractivity contribution in [1.29, 1.82) is 0 Å². The molecule has 0 saturated carbocycles. The monoisotopic (exact) mass is 412 g/mol. The van der Waals surface area contributed by atoms with Gasteiger partial charge in [0, 0.05) is 30.9 Å². The van der Waals surface area contributed by atoms with Crippen molar-refractivity contribution in [2.45, 2.75) is 50.1 Å². The van der Waals surface area contributed by atoms with Gasteiger partial charge in [0.2, 0.25) is 10.0 Å². The number of anilines is 1. The molecule has 1 aromatic carbocycles. The molecule has 0 aromatic heterocycles. The molecule has 0 spiro atoms. The fourth-order valence-corrected chi connectivity index (χ4v) is 5.20. The van der Waals surface area contributed by atoms with Crippen molar-refractivity contribution in [1.82, 2.24) is 14.7 Å². The number of piperidine rings is 1. The lowest BCUT2D eigenvalue weighted by Gasteiger charge is -2.39. The van der Waals surface area contributed by atoms with Crippen LogP contribution in [0.5, 0.6) is 0 Å². The third kappa shape index (κ3) is 4.97. The molecule has 3 rings (SSSR count). The van der Waals surface area contributed by atoms with Gasteiger partial charge in [-0.3, -0.25) is 5.43 Å². The summed E-state index contributed by atoms with van der Waals surface area (Å²) in [7, 11) is -3.48. The Morgan fingerprint density at radius 1 is 1.11 bits per heavy atom. The van der Waals surface area contributed by atoms with E-state index >= 15 is 0 Å². The number of nitrogens with zero attached hydrogens (tertiary/aromatic N) is 2. The molecule has 0 bridgehead atoms. The summed E-state index contributed by atoms with van der Waals surface area (Å²) in [5.74, 6) is 0. The van der Waals surface area contributed by atoms with Crippen LogP contribution in [0.25, 0.3) is 0 Å². The van der Waals surface area contributed by atoms with Crippen molar-refractivity contribution < 1.29 is 13.2 Å². The first-order chi connectivity index (χ1) is 12.9. The summed E-state index contributed by atoms with van der Waals surface area (Å²) in [6, 6.07) is 7.56. The summed E-state index contributed by atoms with van der Waals surface area (Å²) in [6.45, 7) is 6.04. The summed E-state index contributed by atoms with van der Waals surface area (Å²) >= 11 is 5.43. The Labute approximate surface area is 167 Å². The van der Waals surface area contributed by atoms with Gasteiger partial charge < -0.3 is 10.1 Å². The Hall–Kier alpha value is -1.26. The van der Waals surface area contributed by atoms with E-state index in [9.17, 15) is 8.42 Å². The van der Waals surface area contributed by atoms with Gasteiger partial charge in [-0.05, 0) is 63.2 Å². The SMILES string of the molecule is CC1CCCC(C)N1NC(=S)Nc1ccc(S(=O)(=O)N2CCOCC2)cc1. The van der Waals surface area contributed by atoms with Gasteiger partial charge in [0.25, 0.3) is 0 Å². The third-order valence-electron chi connectivity index (χ3n) is 5.14. The summed E-state index contributed by atoms with van der Waals surface area (Å²) in [6.07, 6.45) is 3.53. The minimum atomic E-state index is -3.48. The largest absolute Gasteiger partial charge is 0.379 e. The van der Waals surface area contributed by atoms with Crippen LogP contribution in [-0.4, -0.2) is 61.2 Å². The molecule has 2 N–H and O–H groups in total. The maximum Gasteiger partial charge on any atom is 0.243 e. The maximum absolute atomic E-state index is 12.7. The molecule has 2 saturated heterocycles. The van der Waals surface area contributed by atoms with E-state index in [2.05, 4.69) is 29.6 Å².